The van der Waals surface area contributed by atoms with Gasteiger partial charge in [-0.2, -0.15) is 0 Å². The number of aromatic nitrogens is 2. The molecule has 1 saturated heterocycles. The highest BCUT2D eigenvalue weighted by molar-refractivity contribution is 6.03. The molecule has 3 aromatic rings. The fraction of sp³-hybridized carbons (Fsp3) is 0.360. The third-order valence-corrected chi connectivity index (χ3v) is 5.72. The van der Waals surface area contributed by atoms with Crippen LogP contribution in [0.1, 0.15) is 61.3 Å². The number of rotatable bonds is 5. The molecule has 2 aromatic heterocycles. The number of amides is 3. The van der Waals surface area contributed by atoms with Gasteiger partial charge in [-0.05, 0) is 67.7 Å². The Balaban J connectivity index is 0.00000342. The highest BCUT2D eigenvalue weighted by Crippen LogP contribution is 2.25. The van der Waals surface area contributed by atoms with Crippen LogP contribution in [0.5, 0.6) is 0 Å². The minimum absolute atomic E-state index is 0. The first kappa shape index (κ1) is 26.2. The molecule has 0 saturated carbocycles. The SMILES string of the molecule is CC(C)(C)c1cc(NC(=O)Nc2ccc(NC(=O)c3ccc(C4CCNCC4)cn3)cc2)no1.Cl. The number of hydrogen-bond donors (Lipinski definition) is 4. The molecule has 0 radical (unpaired) electrons. The van der Waals surface area contributed by atoms with Gasteiger partial charge in [-0.15, -0.1) is 12.4 Å². The van der Waals surface area contributed by atoms with E-state index in [-0.39, 0.29) is 23.7 Å². The third kappa shape index (κ3) is 7.03. The lowest BCUT2D eigenvalue weighted by Crippen LogP contribution is -2.26. The van der Waals surface area contributed by atoms with Gasteiger partial charge >= 0.3 is 6.03 Å². The maximum absolute atomic E-state index is 12.6. The highest BCUT2D eigenvalue weighted by Gasteiger charge is 2.20. The van der Waals surface area contributed by atoms with Gasteiger partial charge in [-0.1, -0.05) is 32.0 Å². The molecule has 9 nitrogen and oxygen atoms in total. The zero-order chi connectivity index (χ0) is 24.1. The van der Waals surface area contributed by atoms with E-state index in [1.165, 1.54) is 5.56 Å². The van der Waals surface area contributed by atoms with E-state index in [4.69, 9.17) is 4.52 Å². The van der Waals surface area contributed by atoms with E-state index < -0.39 is 6.03 Å². The second kappa shape index (κ2) is 11.3. The van der Waals surface area contributed by atoms with Crippen LogP contribution >= 0.6 is 12.4 Å². The Labute approximate surface area is 210 Å². The lowest BCUT2D eigenvalue weighted by Gasteiger charge is -2.22. The Kier molecular flexibility index (Phi) is 8.48. The molecule has 0 spiro atoms. The number of urea groups is 1. The van der Waals surface area contributed by atoms with Crippen LogP contribution in [0.4, 0.5) is 22.0 Å². The van der Waals surface area contributed by atoms with Crippen molar-refractivity contribution in [1.29, 1.82) is 0 Å². The van der Waals surface area contributed by atoms with Crippen molar-refractivity contribution >= 4 is 41.5 Å². The van der Waals surface area contributed by atoms with Crippen molar-refractivity contribution in [2.24, 2.45) is 0 Å². The number of carbonyl (C=O) groups is 2. The zero-order valence-corrected chi connectivity index (χ0v) is 20.9. The summed E-state index contributed by atoms with van der Waals surface area (Å²) in [6.45, 7) is 8.02. The van der Waals surface area contributed by atoms with E-state index in [9.17, 15) is 9.59 Å². The second-order valence-corrected chi connectivity index (χ2v) is 9.44. The van der Waals surface area contributed by atoms with E-state index in [0.29, 0.717) is 34.6 Å². The van der Waals surface area contributed by atoms with Crippen molar-refractivity contribution in [2.45, 2.75) is 44.9 Å². The largest absolute Gasteiger partial charge is 0.359 e. The summed E-state index contributed by atoms with van der Waals surface area (Å²) in [4.78, 5) is 29.2. The first-order chi connectivity index (χ1) is 16.3. The molecular weight excluding hydrogens is 468 g/mol. The molecule has 4 rings (SSSR count). The van der Waals surface area contributed by atoms with Gasteiger partial charge in [-0.25, -0.2) is 4.79 Å². The summed E-state index contributed by atoms with van der Waals surface area (Å²) in [5, 5.41) is 15.4. The average molecular weight is 499 g/mol. The van der Waals surface area contributed by atoms with Crippen LogP contribution in [-0.4, -0.2) is 35.2 Å². The van der Waals surface area contributed by atoms with E-state index >= 15 is 0 Å². The molecule has 0 aliphatic carbocycles. The number of pyridine rings is 1. The van der Waals surface area contributed by atoms with Crippen LogP contribution in [0.25, 0.3) is 0 Å². The lowest BCUT2D eigenvalue weighted by atomic mass is 9.91. The average Bonchev–Trinajstić information content (AvgIpc) is 3.30. The van der Waals surface area contributed by atoms with Gasteiger partial charge in [0, 0.05) is 29.1 Å². The third-order valence-electron chi connectivity index (χ3n) is 5.72. The zero-order valence-electron chi connectivity index (χ0n) is 20.1. The fourth-order valence-electron chi connectivity index (χ4n) is 3.73. The summed E-state index contributed by atoms with van der Waals surface area (Å²) in [7, 11) is 0. The predicted octanol–water partition coefficient (Wildman–Crippen LogP) is 5.15. The molecule has 3 amide bonds. The topological polar surface area (TPSA) is 121 Å². The number of piperidine rings is 1. The maximum Gasteiger partial charge on any atom is 0.324 e. The molecule has 4 N–H and O–H groups in total. The number of anilines is 3. The predicted molar refractivity (Wildman–Crippen MR) is 139 cm³/mol. The molecule has 3 heterocycles. The quantitative estimate of drug-likeness (QED) is 0.386. The Morgan fingerprint density at radius 2 is 1.63 bits per heavy atom. The van der Waals surface area contributed by atoms with E-state index in [1.54, 1.807) is 42.6 Å². The molecule has 0 atom stereocenters. The number of halogens is 1. The smallest absolute Gasteiger partial charge is 0.324 e. The standard InChI is InChI=1S/C25H30N6O3.ClH/c1-25(2,3)21-14-22(31-34-21)30-24(33)29-19-7-5-18(6-8-19)28-23(32)20-9-4-17(15-27-20)16-10-12-26-13-11-16;/h4-9,14-16,26H,10-13H2,1-3H3,(H,28,32)(H2,29,30,31,33);1H. The van der Waals surface area contributed by atoms with Crippen molar-refractivity contribution in [3.8, 4) is 0 Å². The molecule has 35 heavy (non-hydrogen) atoms. The number of carbonyl (C=O) groups excluding carboxylic acids is 2. The highest BCUT2D eigenvalue weighted by atomic mass is 35.5. The van der Waals surface area contributed by atoms with Gasteiger partial charge in [0.25, 0.3) is 5.91 Å². The van der Waals surface area contributed by atoms with Crippen molar-refractivity contribution in [2.75, 3.05) is 29.0 Å². The van der Waals surface area contributed by atoms with Crippen LogP contribution < -0.4 is 21.3 Å². The van der Waals surface area contributed by atoms with Crippen LogP contribution in [0.15, 0.2) is 53.2 Å². The van der Waals surface area contributed by atoms with Gasteiger partial charge in [0.1, 0.15) is 11.5 Å². The Hall–Kier alpha value is -3.43. The Morgan fingerprint density at radius 3 is 2.20 bits per heavy atom. The molecule has 1 aliphatic heterocycles. The minimum atomic E-state index is -0.441. The monoisotopic (exact) mass is 498 g/mol. The van der Waals surface area contributed by atoms with E-state index in [0.717, 1.165) is 25.9 Å². The summed E-state index contributed by atoms with van der Waals surface area (Å²) in [5.41, 5.74) is 2.51. The summed E-state index contributed by atoms with van der Waals surface area (Å²) in [6, 6.07) is 11.8. The van der Waals surface area contributed by atoms with E-state index in [1.807, 2.05) is 26.8 Å². The number of benzene rings is 1. The summed E-state index contributed by atoms with van der Waals surface area (Å²) < 4.78 is 5.27. The van der Waals surface area contributed by atoms with Crippen LogP contribution in [0.2, 0.25) is 0 Å². The van der Waals surface area contributed by atoms with Crippen molar-refractivity contribution in [3.63, 3.8) is 0 Å². The van der Waals surface area contributed by atoms with Gasteiger partial charge < -0.3 is 20.5 Å². The molecule has 0 bridgehead atoms. The first-order valence-corrected chi connectivity index (χ1v) is 11.4. The molecule has 0 unspecified atom stereocenters. The van der Waals surface area contributed by atoms with Crippen LogP contribution in [-0.2, 0) is 5.41 Å². The Morgan fingerprint density at radius 1 is 0.971 bits per heavy atom. The fourth-order valence-corrected chi connectivity index (χ4v) is 3.73. The van der Waals surface area contributed by atoms with Crippen molar-refractivity contribution < 1.29 is 14.1 Å². The normalized spacial score (nSPS) is 14.0. The van der Waals surface area contributed by atoms with Crippen LogP contribution in [0.3, 0.4) is 0 Å². The lowest BCUT2D eigenvalue weighted by molar-refractivity contribution is 0.102. The molecule has 1 fully saturated rings. The summed E-state index contributed by atoms with van der Waals surface area (Å²) in [5.74, 6) is 1.23. The molecule has 10 heteroatoms. The van der Waals surface area contributed by atoms with E-state index in [2.05, 4.69) is 31.4 Å². The van der Waals surface area contributed by atoms with Crippen molar-refractivity contribution in [1.82, 2.24) is 15.5 Å². The van der Waals surface area contributed by atoms with Crippen molar-refractivity contribution in [3.05, 3.63) is 65.7 Å². The molecule has 186 valence electrons. The molecule has 1 aliphatic rings. The Bertz CT molecular complexity index is 1130. The molecular formula is C25H31ClN6O3. The first-order valence-electron chi connectivity index (χ1n) is 11.4. The minimum Gasteiger partial charge on any atom is -0.359 e. The van der Waals surface area contributed by atoms with Gasteiger partial charge in [0.15, 0.2) is 5.82 Å². The van der Waals surface area contributed by atoms with Gasteiger partial charge in [0.2, 0.25) is 0 Å². The molecule has 1 aromatic carbocycles. The maximum atomic E-state index is 12.6. The van der Waals surface area contributed by atoms with Gasteiger partial charge in [0.05, 0.1) is 0 Å². The number of nitrogens with one attached hydrogen (secondary N) is 4. The van der Waals surface area contributed by atoms with Crippen LogP contribution in [0, 0.1) is 0 Å². The summed E-state index contributed by atoms with van der Waals surface area (Å²) in [6.07, 6.45) is 3.97. The summed E-state index contributed by atoms with van der Waals surface area (Å²) >= 11 is 0. The number of hydrogen-bond acceptors (Lipinski definition) is 6. The number of nitrogens with zero attached hydrogens (tertiary/aromatic N) is 2. The second-order valence-electron chi connectivity index (χ2n) is 9.44. The van der Waals surface area contributed by atoms with Gasteiger partial charge in [-0.3, -0.25) is 15.1 Å².